The van der Waals surface area contributed by atoms with Crippen molar-refractivity contribution in [1.29, 1.82) is 0 Å². The fraction of sp³-hybridized carbons (Fsp3) is 0.158. The maximum Gasteiger partial charge on any atom is 0.294 e. The molecular weight excluding hydrogens is 276 g/mol. The second-order valence-electron chi connectivity index (χ2n) is 5.47. The number of hydrogen-bond donors (Lipinski definition) is 0. The van der Waals surface area contributed by atoms with Gasteiger partial charge in [0.1, 0.15) is 17.2 Å². The molecule has 0 amide bonds. The van der Waals surface area contributed by atoms with Crippen LogP contribution in [0.5, 0.6) is 17.2 Å². The van der Waals surface area contributed by atoms with Crippen LogP contribution in [0.1, 0.15) is 18.1 Å². The molecule has 3 heteroatoms. The largest absolute Gasteiger partial charge is 0.497 e. The molecule has 0 aliphatic carbocycles. The van der Waals surface area contributed by atoms with Gasteiger partial charge in [-0.1, -0.05) is 18.2 Å². The molecular formula is C19H16O3. The Kier molecular flexibility index (Phi) is 2.76. The molecule has 1 unspecified atom stereocenters. The fourth-order valence-electron chi connectivity index (χ4n) is 2.80. The standard InChI is InChI=1S/C19H16O3/c1-13-11-15-7-8-16(20-2)12-18(15)22-19(13)10-9-14-5-3-4-6-17(14)21-19/h3-12H,1-2H3. The number of ether oxygens (including phenoxy) is 3. The summed E-state index contributed by atoms with van der Waals surface area (Å²) in [5, 5.41) is 0. The fourth-order valence-corrected chi connectivity index (χ4v) is 2.80. The minimum atomic E-state index is -0.881. The van der Waals surface area contributed by atoms with Crippen molar-refractivity contribution >= 4 is 12.2 Å². The lowest BCUT2D eigenvalue weighted by atomic mass is 9.96. The minimum absolute atomic E-state index is 0.758. The molecule has 1 atom stereocenters. The summed E-state index contributed by atoms with van der Waals surface area (Å²) in [6.45, 7) is 2.02. The van der Waals surface area contributed by atoms with E-state index in [1.165, 1.54) is 0 Å². The van der Waals surface area contributed by atoms with E-state index in [2.05, 4.69) is 6.08 Å². The van der Waals surface area contributed by atoms with Gasteiger partial charge in [0.05, 0.1) is 7.11 Å². The highest BCUT2D eigenvalue weighted by molar-refractivity contribution is 5.69. The molecule has 3 nitrogen and oxygen atoms in total. The molecule has 0 fully saturated rings. The smallest absolute Gasteiger partial charge is 0.294 e. The summed E-state index contributed by atoms with van der Waals surface area (Å²) >= 11 is 0. The van der Waals surface area contributed by atoms with Gasteiger partial charge in [0.25, 0.3) is 5.79 Å². The molecule has 2 heterocycles. The van der Waals surface area contributed by atoms with E-state index in [1.807, 2.05) is 61.5 Å². The molecule has 0 bridgehead atoms. The predicted octanol–water partition coefficient (Wildman–Crippen LogP) is 4.29. The molecule has 0 saturated carbocycles. The number of para-hydroxylation sites is 1. The molecule has 2 aliphatic rings. The molecule has 22 heavy (non-hydrogen) atoms. The quantitative estimate of drug-likeness (QED) is 0.784. The Hall–Kier alpha value is -2.68. The lowest BCUT2D eigenvalue weighted by Crippen LogP contribution is -2.44. The summed E-state index contributed by atoms with van der Waals surface area (Å²) < 4.78 is 17.7. The molecule has 2 aromatic rings. The SMILES string of the molecule is COc1ccc2c(c1)OC1(C=Cc3ccccc3O1)C(C)=C2. The van der Waals surface area contributed by atoms with E-state index in [4.69, 9.17) is 14.2 Å². The Morgan fingerprint density at radius 3 is 2.64 bits per heavy atom. The molecule has 2 aromatic carbocycles. The zero-order valence-corrected chi connectivity index (χ0v) is 12.5. The van der Waals surface area contributed by atoms with Gasteiger partial charge in [-0.2, -0.15) is 0 Å². The molecule has 0 aromatic heterocycles. The Bertz CT molecular complexity index is 804. The summed E-state index contributed by atoms with van der Waals surface area (Å²) in [4.78, 5) is 0. The zero-order valence-electron chi connectivity index (χ0n) is 12.5. The lowest BCUT2D eigenvalue weighted by Gasteiger charge is -2.38. The van der Waals surface area contributed by atoms with E-state index in [0.29, 0.717) is 0 Å². The highest BCUT2D eigenvalue weighted by Crippen LogP contribution is 2.42. The van der Waals surface area contributed by atoms with Gasteiger partial charge in [-0.3, -0.25) is 0 Å². The number of rotatable bonds is 1. The van der Waals surface area contributed by atoms with Crippen molar-refractivity contribution in [2.75, 3.05) is 7.11 Å². The van der Waals surface area contributed by atoms with Gasteiger partial charge in [0.2, 0.25) is 0 Å². The third kappa shape index (κ3) is 1.90. The third-order valence-corrected chi connectivity index (χ3v) is 4.07. The van der Waals surface area contributed by atoms with E-state index in [-0.39, 0.29) is 0 Å². The van der Waals surface area contributed by atoms with E-state index in [0.717, 1.165) is 33.9 Å². The third-order valence-electron chi connectivity index (χ3n) is 4.07. The maximum atomic E-state index is 6.21. The van der Waals surface area contributed by atoms with Crippen LogP contribution in [0.3, 0.4) is 0 Å². The zero-order chi connectivity index (χ0) is 15.2. The van der Waals surface area contributed by atoms with Gasteiger partial charge in [0.15, 0.2) is 0 Å². The first kappa shape index (κ1) is 13.0. The summed E-state index contributed by atoms with van der Waals surface area (Å²) in [6.07, 6.45) is 6.10. The first-order valence-electron chi connectivity index (χ1n) is 7.23. The molecule has 2 aliphatic heterocycles. The van der Waals surface area contributed by atoms with E-state index >= 15 is 0 Å². The second-order valence-corrected chi connectivity index (χ2v) is 5.47. The molecule has 1 spiro atoms. The minimum Gasteiger partial charge on any atom is -0.497 e. The van der Waals surface area contributed by atoms with Crippen LogP contribution in [-0.2, 0) is 0 Å². The summed E-state index contributed by atoms with van der Waals surface area (Å²) in [5.41, 5.74) is 3.09. The summed E-state index contributed by atoms with van der Waals surface area (Å²) in [5.74, 6) is 1.47. The first-order chi connectivity index (χ1) is 10.7. The van der Waals surface area contributed by atoms with Crippen LogP contribution in [0.2, 0.25) is 0 Å². The van der Waals surface area contributed by atoms with Crippen molar-refractivity contribution in [3.63, 3.8) is 0 Å². The van der Waals surface area contributed by atoms with Crippen LogP contribution in [0.25, 0.3) is 12.2 Å². The monoisotopic (exact) mass is 292 g/mol. The Labute approximate surface area is 129 Å². The van der Waals surface area contributed by atoms with Crippen molar-refractivity contribution < 1.29 is 14.2 Å². The number of fused-ring (bicyclic) bond motifs is 2. The number of hydrogen-bond acceptors (Lipinski definition) is 3. The van der Waals surface area contributed by atoms with E-state index in [1.54, 1.807) is 7.11 Å². The van der Waals surface area contributed by atoms with Gasteiger partial charge in [0, 0.05) is 28.8 Å². The number of methoxy groups -OCH3 is 1. The summed E-state index contributed by atoms with van der Waals surface area (Å²) in [7, 11) is 1.65. The Balaban J connectivity index is 1.79. The van der Waals surface area contributed by atoms with E-state index in [9.17, 15) is 0 Å². The average Bonchev–Trinajstić information content (AvgIpc) is 2.55. The van der Waals surface area contributed by atoms with Crippen molar-refractivity contribution in [1.82, 2.24) is 0 Å². The molecule has 0 radical (unpaired) electrons. The van der Waals surface area contributed by atoms with Crippen LogP contribution in [-0.4, -0.2) is 12.9 Å². The number of benzene rings is 2. The van der Waals surface area contributed by atoms with Crippen LogP contribution < -0.4 is 14.2 Å². The van der Waals surface area contributed by atoms with Crippen molar-refractivity contribution in [3.05, 3.63) is 65.2 Å². The van der Waals surface area contributed by atoms with Gasteiger partial charge in [-0.25, -0.2) is 0 Å². The molecule has 0 N–H and O–H groups in total. The highest BCUT2D eigenvalue weighted by Gasteiger charge is 2.40. The van der Waals surface area contributed by atoms with Gasteiger partial charge < -0.3 is 14.2 Å². The van der Waals surface area contributed by atoms with Crippen LogP contribution >= 0.6 is 0 Å². The van der Waals surface area contributed by atoms with Gasteiger partial charge >= 0.3 is 0 Å². The summed E-state index contributed by atoms with van der Waals surface area (Å²) in [6, 6.07) is 13.7. The van der Waals surface area contributed by atoms with Crippen LogP contribution in [0.15, 0.2) is 54.1 Å². The van der Waals surface area contributed by atoms with E-state index < -0.39 is 5.79 Å². The second kappa shape index (κ2) is 4.67. The van der Waals surface area contributed by atoms with Crippen molar-refractivity contribution in [3.8, 4) is 17.2 Å². The van der Waals surface area contributed by atoms with Crippen molar-refractivity contribution in [2.24, 2.45) is 0 Å². The topological polar surface area (TPSA) is 27.7 Å². The van der Waals surface area contributed by atoms with Crippen LogP contribution in [0.4, 0.5) is 0 Å². The van der Waals surface area contributed by atoms with Gasteiger partial charge in [-0.15, -0.1) is 0 Å². The van der Waals surface area contributed by atoms with Crippen molar-refractivity contribution in [2.45, 2.75) is 12.7 Å². The molecule has 0 saturated heterocycles. The Morgan fingerprint density at radius 2 is 1.77 bits per heavy atom. The average molecular weight is 292 g/mol. The molecule has 110 valence electrons. The highest BCUT2D eigenvalue weighted by atomic mass is 16.7. The predicted molar refractivity (Wildman–Crippen MR) is 86.1 cm³/mol. The normalized spacial score (nSPS) is 21.3. The Morgan fingerprint density at radius 1 is 0.955 bits per heavy atom. The van der Waals surface area contributed by atoms with Crippen LogP contribution in [0, 0.1) is 0 Å². The van der Waals surface area contributed by atoms with Gasteiger partial charge in [-0.05, 0) is 37.3 Å². The first-order valence-corrected chi connectivity index (χ1v) is 7.23. The lowest BCUT2D eigenvalue weighted by molar-refractivity contribution is -0.0412. The molecule has 4 rings (SSSR count). The maximum absolute atomic E-state index is 6.21.